The highest BCUT2D eigenvalue weighted by Gasteiger charge is 2.30. The molecule has 0 amide bonds. The van der Waals surface area contributed by atoms with E-state index in [9.17, 15) is 0 Å². The molecule has 2 nitrogen and oxygen atoms in total. The Morgan fingerprint density at radius 2 is 1.67 bits per heavy atom. The molecule has 0 aliphatic heterocycles. The quantitative estimate of drug-likeness (QED) is 0.834. The molecule has 2 unspecified atom stereocenters. The first-order valence-corrected chi connectivity index (χ1v) is 7.94. The molecular weight excluding hydrogens is 220 g/mol. The van der Waals surface area contributed by atoms with Crippen LogP contribution < -0.4 is 5.73 Å². The van der Waals surface area contributed by atoms with Crippen molar-refractivity contribution >= 4 is 0 Å². The molecule has 2 N–H and O–H groups in total. The van der Waals surface area contributed by atoms with Crippen LogP contribution in [-0.2, 0) is 0 Å². The number of nitrogens with two attached hydrogens (primary N) is 1. The molecule has 2 aliphatic carbocycles. The molecule has 0 aromatic carbocycles. The summed E-state index contributed by atoms with van der Waals surface area (Å²) >= 11 is 0. The van der Waals surface area contributed by atoms with Crippen LogP contribution in [0.25, 0.3) is 0 Å². The number of hydrogen-bond donors (Lipinski definition) is 1. The fourth-order valence-electron chi connectivity index (χ4n) is 3.81. The van der Waals surface area contributed by atoms with E-state index < -0.39 is 0 Å². The van der Waals surface area contributed by atoms with Gasteiger partial charge in [-0.2, -0.15) is 0 Å². The molecule has 2 rings (SSSR count). The fraction of sp³-hybridized carbons (Fsp3) is 1.00. The lowest BCUT2D eigenvalue weighted by molar-refractivity contribution is 0.102. The number of hydrogen-bond acceptors (Lipinski definition) is 2. The lowest BCUT2D eigenvalue weighted by Gasteiger charge is -2.41. The van der Waals surface area contributed by atoms with Crippen LogP contribution in [0.2, 0.25) is 0 Å². The van der Waals surface area contributed by atoms with E-state index in [1.807, 2.05) is 0 Å². The third-order valence-electron chi connectivity index (χ3n) is 5.42. The highest BCUT2D eigenvalue weighted by atomic mass is 15.1. The van der Waals surface area contributed by atoms with Crippen LogP contribution in [0.4, 0.5) is 0 Å². The van der Waals surface area contributed by atoms with Crippen molar-refractivity contribution in [1.82, 2.24) is 4.90 Å². The molecule has 18 heavy (non-hydrogen) atoms. The van der Waals surface area contributed by atoms with Crippen LogP contribution in [0.1, 0.15) is 65.2 Å². The largest absolute Gasteiger partial charge is 0.327 e. The molecule has 106 valence electrons. The molecule has 0 aromatic heterocycles. The zero-order valence-electron chi connectivity index (χ0n) is 12.6. The molecule has 0 saturated heterocycles. The van der Waals surface area contributed by atoms with E-state index in [1.165, 1.54) is 57.9 Å². The zero-order chi connectivity index (χ0) is 13.2. The molecule has 2 heteroatoms. The average Bonchev–Trinajstić information content (AvgIpc) is 2.32. The van der Waals surface area contributed by atoms with Crippen LogP contribution in [0, 0.1) is 11.3 Å². The molecule has 2 aliphatic rings. The Balaban J connectivity index is 1.79. The first kappa shape index (κ1) is 14.3. The first-order valence-electron chi connectivity index (χ1n) is 7.94. The Kier molecular flexibility index (Phi) is 4.71. The summed E-state index contributed by atoms with van der Waals surface area (Å²) in [5.74, 6) is 0.749. The minimum atomic E-state index is 0.459. The summed E-state index contributed by atoms with van der Waals surface area (Å²) in [6, 6.07) is 1.27. The summed E-state index contributed by atoms with van der Waals surface area (Å²) in [5.41, 5.74) is 6.86. The van der Waals surface area contributed by atoms with Gasteiger partial charge in [0.2, 0.25) is 0 Å². The molecule has 2 fully saturated rings. The predicted molar refractivity (Wildman–Crippen MR) is 78.6 cm³/mol. The maximum absolute atomic E-state index is 6.27. The predicted octanol–water partition coefficient (Wildman–Crippen LogP) is 3.40. The van der Waals surface area contributed by atoms with Gasteiger partial charge >= 0.3 is 0 Å². The SMILES string of the molecule is CN(CC1CCCCC1N)C1CCC(C)(C)CC1. The lowest BCUT2D eigenvalue weighted by Crippen LogP contribution is -2.44. The maximum Gasteiger partial charge on any atom is 0.00927 e. The van der Waals surface area contributed by atoms with Gasteiger partial charge in [-0.05, 0) is 56.9 Å². The standard InChI is InChI=1S/C16H32N2/c1-16(2)10-8-14(9-11-16)18(3)12-13-6-4-5-7-15(13)17/h13-15H,4-12,17H2,1-3H3. The first-order chi connectivity index (χ1) is 8.48. The van der Waals surface area contributed by atoms with Gasteiger partial charge in [0.15, 0.2) is 0 Å². The second-order valence-electron chi connectivity index (χ2n) is 7.54. The van der Waals surface area contributed by atoms with E-state index in [0.717, 1.165) is 12.0 Å². The summed E-state index contributed by atoms with van der Waals surface area (Å²) in [7, 11) is 2.32. The van der Waals surface area contributed by atoms with Gasteiger partial charge in [-0.15, -0.1) is 0 Å². The van der Waals surface area contributed by atoms with Gasteiger partial charge in [0, 0.05) is 18.6 Å². The highest BCUT2D eigenvalue weighted by molar-refractivity contribution is 4.86. The van der Waals surface area contributed by atoms with Gasteiger partial charge in [0.25, 0.3) is 0 Å². The normalized spacial score (nSPS) is 33.8. The number of nitrogens with zero attached hydrogens (tertiary/aromatic N) is 1. The Bertz CT molecular complexity index is 252. The van der Waals surface area contributed by atoms with Crippen molar-refractivity contribution in [3.63, 3.8) is 0 Å². The lowest BCUT2D eigenvalue weighted by atomic mass is 9.75. The third kappa shape index (κ3) is 3.71. The van der Waals surface area contributed by atoms with Crippen molar-refractivity contribution in [2.24, 2.45) is 17.1 Å². The van der Waals surface area contributed by atoms with Crippen molar-refractivity contribution in [2.45, 2.75) is 77.3 Å². The average molecular weight is 252 g/mol. The second-order valence-corrected chi connectivity index (χ2v) is 7.54. The summed E-state index contributed by atoms with van der Waals surface area (Å²) in [5, 5.41) is 0. The Hall–Kier alpha value is -0.0800. The van der Waals surface area contributed by atoms with Crippen molar-refractivity contribution in [3.8, 4) is 0 Å². The maximum atomic E-state index is 6.27. The minimum Gasteiger partial charge on any atom is -0.327 e. The fourth-order valence-corrected chi connectivity index (χ4v) is 3.81. The molecule has 2 saturated carbocycles. The van der Waals surface area contributed by atoms with E-state index in [2.05, 4.69) is 25.8 Å². The molecule has 0 bridgehead atoms. The Morgan fingerprint density at radius 1 is 1.06 bits per heavy atom. The van der Waals surface area contributed by atoms with E-state index >= 15 is 0 Å². The van der Waals surface area contributed by atoms with Gasteiger partial charge in [0.1, 0.15) is 0 Å². The monoisotopic (exact) mass is 252 g/mol. The van der Waals surface area contributed by atoms with Gasteiger partial charge in [-0.3, -0.25) is 0 Å². The third-order valence-corrected chi connectivity index (χ3v) is 5.42. The van der Waals surface area contributed by atoms with Gasteiger partial charge in [-0.25, -0.2) is 0 Å². The van der Waals surface area contributed by atoms with Gasteiger partial charge in [-0.1, -0.05) is 26.7 Å². The summed E-state index contributed by atoms with van der Waals surface area (Å²) in [4.78, 5) is 2.62. The van der Waals surface area contributed by atoms with Crippen LogP contribution >= 0.6 is 0 Å². The van der Waals surface area contributed by atoms with Gasteiger partial charge < -0.3 is 10.6 Å². The van der Waals surface area contributed by atoms with Gasteiger partial charge in [0.05, 0.1) is 0 Å². The Labute approximate surface area is 113 Å². The van der Waals surface area contributed by atoms with Crippen LogP contribution in [0.5, 0.6) is 0 Å². The van der Waals surface area contributed by atoms with Crippen molar-refractivity contribution < 1.29 is 0 Å². The van der Waals surface area contributed by atoms with Crippen molar-refractivity contribution in [1.29, 1.82) is 0 Å². The van der Waals surface area contributed by atoms with Crippen molar-refractivity contribution in [3.05, 3.63) is 0 Å². The zero-order valence-corrected chi connectivity index (χ0v) is 12.6. The topological polar surface area (TPSA) is 29.3 Å². The summed E-state index contributed by atoms with van der Waals surface area (Å²) in [6.07, 6.45) is 10.9. The second kappa shape index (κ2) is 5.92. The molecule has 0 heterocycles. The molecule has 0 spiro atoms. The van der Waals surface area contributed by atoms with E-state index in [1.54, 1.807) is 0 Å². The molecular formula is C16H32N2. The molecule has 2 atom stereocenters. The van der Waals surface area contributed by atoms with Crippen molar-refractivity contribution in [2.75, 3.05) is 13.6 Å². The van der Waals surface area contributed by atoms with Crippen LogP contribution in [-0.4, -0.2) is 30.6 Å². The smallest absolute Gasteiger partial charge is 0.00927 e. The molecule has 0 aromatic rings. The van der Waals surface area contributed by atoms with Crippen LogP contribution in [0.3, 0.4) is 0 Å². The Morgan fingerprint density at radius 3 is 2.28 bits per heavy atom. The van der Waals surface area contributed by atoms with Crippen LogP contribution in [0.15, 0.2) is 0 Å². The summed E-state index contributed by atoms with van der Waals surface area (Å²) < 4.78 is 0. The number of rotatable bonds is 3. The van der Waals surface area contributed by atoms with E-state index in [-0.39, 0.29) is 0 Å². The minimum absolute atomic E-state index is 0.459. The highest BCUT2D eigenvalue weighted by Crippen LogP contribution is 2.37. The van der Waals surface area contributed by atoms with E-state index in [0.29, 0.717) is 11.5 Å². The molecule has 0 radical (unpaired) electrons. The van der Waals surface area contributed by atoms with E-state index in [4.69, 9.17) is 5.73 Å². The summed E-state index contributed by atoms with van der Waals surface area (Å²) in [6.45, 7) is 6.06.